The van der Waals surface area contributed by atoms with Gasteiger partial charge in [-0.25, -0.2) is 4.98 Å². The molecule has 0 aliphatic carbocycles. The number of aryl methyl sites for hydroxylation is 1. The van der Waals surface area contributed by atoms with Gasteiger partial charge in [-0.1, -0.05) is 38.1 Å². The fraction of sp³-hybridized carbons (Fsp3) is 0.409. The van der Waals surface area contributed by atoms with Crippen molar-refractivity contribution >= 4 is 5.96 Å². The summed E-state index contributed by atoms with van der Waals surface area (Å²) < 4.78 is 3.95. The average Bonchev–Trinajstić information content (AvgIpc) is 3.33. The molecule has 0 spiro atoms. The van der Waals surface area contributed by atoms with Gasteiger partial charge in [0.15, 0.2) is 5.96 Å². The molecule has 154 valence electrons. The summed E-state index contributed by atoms with van der Waals surface area (Å²) in [6.07, 6.45) is 7.71. The maximum Gasteiger partial charge on any atom is 0.193 e. The van der Waals surface area contributed by atoms with E-state index in [0.29, 0.717) is 5.92 Å². The largest absolute Gasteiger partial charge is 0.352 e. The highest BCUT2D eigenvalue weighted by Crippen LogP contribution is 2.18. The number of imidazole rings is 1. The molecule has 1 aromatic carbocycles. The van der Waals surface area contributed by atoms with E-state index in [1.54, 1.807) is 6.20 Å². The van der Waals surface area contributed by atoms with E-state index in [4.69, 9.17) is 0 Å². The van der Waals surface area contributed by atoms with E-state index >= 15 is 0 Å². The summed E-state index contributed by atoms with van der Waals surface area (Å²) in [5.41, 5.74) is 4.85. The molecule has 29 heavy (non-hydrogen) atoms. The molecule has 7 heteroatoms. The summed E-state index contributed by atoms with van der Waals surface area (Å²) in [5, 5.41) is 8.06. The molecule has 0 amide bonds. The molecule has 0 bridgehead atoms. The lowest BCUT2D eigenvalue weighted by Crippen LogP contribution is -2.38. The lowest BCUT2D eigenvalue weighted by molar-refractivity contribution is 0.473. The van der Waals surface area contributed by atoms with Crippen LogP contribution in [0.5, 0.6) is 0 Å². The normalized spacial score (nSPS) is 11.9. The van der Waals surface area contributed by atoms with Gasteiger partial charge in [0, 0.05) is 64.9 Å². The SMILES string of the molecule is CN=C(NCc1ccc(Cn2ccnc2)cc1)N(C)Cc1cn(C)nc1C(C)C. The van der Waals surface area contributed by atoms with Crippen LogP contribution in [-0.4, -0.2) is 44.3 Å². The van der Waals surface area contributed by atoms with Gasteiger partial charge in [0.2, 0.25) is 0 Å². The third-order valence-electron chi connectivity index (χ3n) is 4.86. The molecule has 0 unspecified atom stereocenters. The van der Waals surface area contributed by atoms with Crippen LogP contribution < -0.4 is 5.32 Å². The second-order valence-electron chi connectivity index (χ2n) is 7.68. The number of nitrogens with one attached hydrogen (secondary N) is 1. The molecule has 0 fully saturated rings. The van der Waals surface area contributed by atoms with Crippen molar-refractivity contribution in [3.63, 3.8) is 0 Å². The van der Waals surface area contributed by atoms with Crippen LogP contribution >= 0.6 is 0 Å². The molecule has 0 aliphatic rings. The molecule has 0 aliphatic heterocycles. The zero-order valence-corrected chi connectivity index (χ0v) is 18.0. The number of benzene rings is 1. The van der Waals surface area contributed by atoms with Gasteiger partial charge in [0.05, 0.1) is 12.0 Å². The predicted molar refractivity (Wildman–Crippen MR) is 117 cm³/mol. The van der Waals surface area contributed by atoms with Crippen LogP contribution in [0.4, 0.5) is 0 Å². The zero-order chi connectivity index (χ0) is 20.8. The number of hydrogen-bond acceptors (Lipinski definition) is 3. The van der Waals surface area contributed by atoms with E-state index in [1.807, 2.05) is 31.3 Å². The Bertz CT molecular complexity index is 921. The van der Waals surface area contributed by atoms with Crippen molar-refractivity contribution < 1.29 is 0 Å². The Labute approximate surface area is 173 Å². The average molecular weight is 394 g/mol. The summed E-state index contributed by atoms with van der Waals surface area (Å²) in [5.74, 6) is 1.27. The van der Waals surface area contributed by atoms with Crippen molar-refractivity contribution in [2.24, 2.45) is 12.0 Å². The smallest absolute Gasteiger partial charge is 0.193 e. The molecule has 0 atom stereocenters. The first-order chi connectivity index (χ1) is 14.0. The summed E-state index contributed by atoms with van der Waals surface area (Å²) in [7, 11) is 5.85. The first-order valence-corrected chi connectivity index (χ1v) is 9.94. The molecule has 2 heterocycles. The van der Waals surface area contributed by atoms with E-state index in [2.05, 4.69) is 81.2 Å². The van der Waals surface area contributed by atoms with Crippen molar-refractivity contribution in [1.29, 1.82) is 0 Å². The van der Waals surface area contributed by atoms with Gasteiger partial charge in [0.25, 0.3) is 0 Å². The standard InChI is InChI=1S/C22H31N7/c1-17(2)21-20(15-28(5)26-21)14-27(4)22(23-3)25-12-18-6-8-19(9-7-18)13-29-11-10-24-16-29/h6-11,15-17H,12-14H2,1-5H3,(H,23,25). The molecule has 0 saturated carbocycles. The number of nitrogens with zero attached hydrogens (tertiary/aromatic N) is 6. The second-order valence-corrected chi connectivity index (χ2v) is 7.68. The van der Waals surface area contributed by atoms with Gasteiger partial charge in [-0.3, -0.25) is 9.67 Å². The molecule has 2 aromatic heterocycles. The number of guanidine groups is 1. The van der Waals surface area contributed by atoms with Crippen LogP contribution in [0.15, 0.2) is 54.2 Å². The Hall–Kier alpha value is -3.09. The lowest BCUT2D eigenvalue weighted by Gasteiger charge is -2.22. The van der Waals surface area contributed by atoms with Crippen LogP contribution in [0.2, 0.25) is 0 Å². The zero-order valence-electron chi connectivity index (χ0n) is 18.0. The molecular weight excluding hydrogens is 362 g/mol. The highest BCUT2D eigenvalue weighted by Gasteiger charge is 2.15. The molecule has 3 rings (SSSR count). The topological polar surface area (TPSA) is 63.3 Å². The van der Waals surface area contributed by atoms with Gasteiger partial charge in [-0.15, -0.1) is 0 Å². The summed E-state index contributed by atoms with van der Waals surface area (Å²) in [4.78, 5) is 10.7. The van der Waals surface area contributed by atoms with Crippen molar-refractivity contribution in [3.05, 3.63) is 71.6 Å². The minimum Gasteiger partial charge on any atom is -0.352 e. The Kier molecular flexibility index (Phi) is 6.69. The van der Waals surface area contributed by atoms with Gasteiger partial charge in [-0.2, -0.15) is 5.10 Å². The number of hydrogen-bond donors (Lipinski definition) is 1. The Morgan fingerprint density at radius 3 is 2.55 bits per heavy atom. The monoisotopic (exact) mass is 393 g/mol. The van der Waals surface area contributed by atoms with E-state index in [0.717, 1.165) is 31.3 Å². The van der Waals surface area contributed by atoms with Crippen LogP contribution in [0.25, 0.3) is 0 Å². The molecular formula is C22H31N7. The number of aromatic nitrogens is 4. The van der Waals surface area contributed by atoms with Gasteiger partial charge in [0.1, 0.15) is 0 Å². The van der Waals surface area contributed by atoms with Gasteiger partial charge in [-0.05, 0) is 17.0 Å². The molecule has 0 saturated heterocycles. The van der Waals surface area contributed by atoms with Crippen LogP contribution in [-0.2, 0) is 26.7 Å². The maximum absolute atomic E-state index is 4.60. The van der Waals surface area contributed by atoms with Crippen LogP contribution in [0, 0.1) is 0 Å². The molecule has 7 nitrogen and oxygen atoms in total. The van der Waals surface area contributed by atoms with Crippen LogP contribution in [0.1, 0.15) is 42.1 Å². The number of rotatable bonds is 7. The minimum absolute atomic E-state index is 0.399. The minimum atomic E-state index is 0.399. The van der Waals surface area contributed by atoms with Crippen molar-refractivity contribution in [3.8, 4) is 0 Å². The fourth-order valence-corrected chi connectivity index (χ4v) is 3.41. The Morgan fingerprint density at radius 1 is 1.21 bits per heavy atom. The second kappa shape index (κ2) is 9.41. The summed E-state index contributed by atoms with van der Waals surface area (Å²) in [6, 6.07) is 8.64. The highest BCUT2D eigenvalue weighted by atomic mass is 15.3. The fourth-order valence-electron chi connectivity index (χ4n) is 3.41. The van der Waals surface area contributed by atoms with E-state index in [-0.39, 0.29) is 0 Å². The Balaban J connectivity index is 1.57. The lowest BCUT2D eigenvalue weighted by atomic mass is 10.1. The highest BCUT2D eigenvalue weighted by molar-refractivity contribution is 5.79. The van der Waals surface area contributed by atoms with E-state index < -0.39 is 0 Å². The predicted octanol–water partition coefficient (Wildman–Crippen LogP) is 3.00. The molecule has 1 N–H and O–H groups in total. The Morgan fingerprint density at radius 2 is 1.93 bits per heavy atom. The van der Waals surface area contributed by atoms with E-state index in [1.165, 1.54) is 16.7 Å². The summed E-state index contributed by atoms with van der Waals surface area (Å²) in [6.45, 7) is 6.68. The molecule has 3 aromatic rings. The first kappa shape index (κ1) is 20.6. The first-order valence-electron chi connectivity index (χ1n) is 9.94. The van der Waals surface area contributed by atoms with Crippen LogP contribution in [0.3, 0.4) is 0 Å². The quantitative estimate of drug-likeness (QED) is 0.495. The van der Waals surface area contributed by atoms with Crippen molar-refractivity contribution in [2.75, 3.05) is 14.1 Å². The molecule has 0 radical (unpaired) electrons. The third kappa shape index (κ3) is 5.47. The van der Waals surface area contributed by atoms with Crippen molar-refractivity contribution in [1.82, 2.24) is 29.5 Å². The van der Waals surface area contributed by atoms with E-state index in [9.17, 15) is 0 Å². The number of aliphatic imine (C=N–C) groups is 1. The maximum atomic E-state index is 4.60. The summed E-state index contributed by atoms with van der Waals surface area (Å²) >= 11 is 0. The van der Waals surface area contributed by atoms with Gasteiger partial charge < -0.3 is 14.8 Å². The van der Waals surface area contributed by atoms with Crippen molar-refractivity contribution in [2.45, 2.75) is 39.4 Å². The third-order valence-corrected chi connectivity index (χ3v) is 4.86. The van der Waals surface area contributed by atoms with Gasteiger partial charge >= 0.3 is 0 Å².